The van der Waals surface area contributed by atoms with Crippen LogP contribution in [-0.2, 0) is 10.5 Å². The van der Waals surface area contributed by atoms with Gasteiger partial charge in [-0.3, -0.25) is 19.1 Å². The lowest BCUT2D eigenvalue weighted by molar-refractivity contribution is -0.174. The zero-order chi connectivity index (χ0) is 16.7. The van der Waals surface area contributed by atoms with Crippen molar-refractivity contribution in [2.75, 3.05) is 13.2 Å². The molecule has 0 saturated carbocycles. The van der Waals surface area contributed by atoms with Gasteiger partial charge in [-0.05, 0) is 0 Å². The van der Waals surface area contributed by atoms with Gasteiger partial charge in [-0.15, -0.1) is 0 Å². The highest BCUT2D eigenvalue weighted by atomic mass is 16.6. The molecule has 1 saturated heterocycles. The van der Waals surface area contributed by atoms with Crippen LogP contribution in [0, 0.1) is 0 Å². The predicted octanol–water partition coefficient (Wildman–Crippen LogP) is -4.61. The Morgan fingerprint density at radius 3 is 2.50 bits per heavy atom. The molecule has 1 aliphatic rings. The standard InChI is InChI=1S/C11H15N3O8/c12-8(19)4-1-14(10(21)13-9(4)20)11(3-16)7(18)6(17)5(2-15)22-11/h1,5-7,15-18H,2-3H2,(H2,12,19)(H,13,20,21)/t5-,6-,7-,11-/m1/s1. The molecule has 1 amide bonds. The molecule has 22 heavy (non-hydrogen) atoms. The SMILES string of the molecule is NC(=O)c1cn([C@]2(CO)O[C@H](CO)[C@@H](O)[C@H]2O)c(=O)[nH]c1=O. The van der Waals surface area contributed by atoms with Crippen molar-refractivity contribution in [3.05, 3.63) is 32.6 Å². The van der Waals surface area contributed by atoms with Gasteiger partial charge in [0, 0.05) is 6.20 Å². The molecule has 1 aliphatic heterocycles. The van der Waals surface area contributed by atoms with Crippen LogP contribution in [0.25, 0.3) is 0 Å². The van der Waals surface area contributed by atoms with Crippen LogP contribution in [0.5, 0.6) is 0 Å². The highest BCUT2D eigenvalue weighted by Crippen LogP contribution is 2.34. The van der Waals surface area contributed by atoms with Gasteiger partial charge in [-0.1, -0.05) is 0 Å². The first-order valence-electron chi connectivity index (χ1n) is 6.20. The number of aliphatic hydroxyl groups excluding tert-OH is 4. The third kappa shape index (κ3) is 2.24. The molecular weight excluding hydrogens is 302 g/mol. The number of amides is 1. The molecule has 11 heteroatoms. The zero-order valence-electron chi connectivity index (χ0n) is 11.2. The van der Waals surface area contributed by atoms with Crippen molar-refractivity contribution in [2.45, 2.75) is 24.0 Å². The third-order valence-corrected chi connectivity index (χ3v) is 3.54. The highest BCUT2D eigenvalue weighted by Gasteiger charge is 2.55. The van der Waals surface area contributed by atoms with Crippen LogP contribution in [0.15, 0.2) is 15.8 Å². The molecule has 1 aromatic heterocycles. The first-order valence-corrected chi connectivity index (χ1v) is 6.20. The van der Waals surface area contributed by atoms with E-state index in [9.17, 15) is 29.7 Å². The summed E-state index contributed by atoms with van der Waals surface area (Å²) in [5.74, 6) is -1.14. The van der Waals surface area contributed by atoms with E-state index in [0.717, 1.165) is 6.20 Å². The summed E-state index contributed by atoms with van der Waals surface area (Å²) in [7, 11) is 0. The second-order valence-corrected chi connectivity index (χ2v) is 4.81. The number of carbonyl (C=O) groups excluding carboxylic acids is 1. The quantitative estimate of drug-likeness (QED) is 0.320. The number of primary amides is 1. The fourth-order valence-corrected chi connectivity index (χ4v) is 2.35. The second kappa shape index (κ2) is 5.62. The van der Waals surface area contributed by atoms with Gasteiger partial charge in [-0.25, -0.2) is 4.79 Å². The van der Waals surface area contributed by atoms with Crippen molar-refractivity contribution in [3.63, 3.8) is 0 Å². The van der Waals surface area contributed by atoms with Crippen molar-refractivity contribution in [1.29, 1.82) is 0 Å². The van der Waals surface area contributed by atoms with E-state index in [-0.39, 0.29) is 0 Å². The monoisotopic (exact) mass is 317 g/mol. The Hall–Kier alpha value is -2.05. The first kappa shape index (κ1) is 16.3. The number of hydrogen-bond acceptors (Lipinski definition) is 8. The molecule has 2 heterocycles. The van der Waals surface area contributed by atoms with Gasteiger partial charge in [0.05, 0.1) is 13.2 Å². The van der Waals surface area contributed by atoms with Gasteiger partial charge in [0.2, 0.25) is 5.72 Å². The summed E-state index contributed by atoms with van der Waals surface area (Å²) < 4.78 is 5.76. The molecular formula is C11H15N3O8. The Bertz CT molecular complexity index is 697. The molecule has 4 atom stereocenters. The van der Waals surface area contributed by atoms with Crippen LogP contribution in [0.1, 0.15) is 10.4 Å². The minimum atomic E-state index is -2.18. The maximum atomic E-state index is 11.9. The summed E-state index contributed by atoms with van der Waals surface area (Å²) in [6.45, 7) is -1.67. The number of H-pyrrole nitrogens is 1. The van der Waals surface area contributed by atoms with E-state index in [0.29, 0.717) is 4.57 Å². The molecule has 11 nitrogen and oxygen atoms in total. The summed E-state index contributed by atoms with van der Waals surface area (Å²) in [5.41, 5.74) is 0.0637. The number of nitrogens with zero attached hydrogens (tertiary/aromatic N) is 1. The third-order valence-electron chi connectivity index (χ3n) is 3.54. The maximum Gasteiger partial charge on any atom is 0.330 e. The molecule has 0 bridgehead atoms. The summed E-state index contributed by atoms with van der Waals surface area (Å²) >= 11 is 0. The Kier molecular flexibility index (Phi) is 4.17. The molecule has 0 spiro atoms. The number of ether oxygens (including phenoxy) is 1. The molecule has 2 rings (SSSR count). The van der Waals surface area contributed by atoms with Crippen molar-refractivity contribution >= 4 is 5.91 Å². The lowest BCUT2D eigenvalue weighted by Crippen LogP contribution is -2.54. The van der Waals surface area contributed by atoms with Crippen molar-refractivity contribution in [1.82, 2.24) is 9.55 Å². The Labute approximate surface area is 122 Å². The summed E-state index contributed by atoms with van der Waals surface area (Å²) in [6, 6.07) is 0. The number of aromatic amines is 1. The number of hydrogen-bond donors (Lipinski definition) is 6. The number of aliphatic hydroxyl groups is 4. The minimum Gasteiger partial charge on any atom is -0.394 e. The van der Waals surface area contributed by atoms with E-state index in [4.69, 9.17) is 15.6 Å². The number of carbonyl (C=O) groups is 1. The minimum absolute atomic E-state index is 0.554. The molecule has 122 valence electrons. The Morgan fingerprint density at radius 2 is 2.05 bits per heavy atom. The fourth-order valence-electron chi connectivity index (χ4n) is 2.35. The van der Waals surface area contributed by atoms with Crippen LogP contribution in [0.4, 0.5) is 0 Å². The van der Waals surface area contributed by atoms with E-state index in [2.05, 4.69) is 0 Å². The van der Waals surface area contributed by atoms with E-state index < -0.39 is 60.0 Å². The number of aromatic nitrogens is 2. The van der Waals surface area contributed by atoms with E-state index in [1.54, 1.807) is 4.98 Å². The number of nitrogens with two attached hydrogens (primary N) is 1. The van der Waals surface area contributed by atoms with Gasteiger partial charge in [0.15, 0.2) is 0 Å². The van der Waals surface area contributed by atoms with Crippen LogP contribution in [-0.4, -0.2) is 67.4 Å². The van der Waals surface area contributed by atoms with Gasteiger partial charge in [-0.2, -0.15) is 0 Å². The summed E-state index contributed by atoms with van der Waals surface area (Å²) in [5, 5.41) is 38.5. The average Bonchev–Trinajstić information content (AvgIpc) is 2.72. The zero-order valence-corrected chi connectivity index (χ0v) is 11.2. The Morgan fingerprint density at radius 1 is 1.41 bits per heavy atom. The molecule has 0 unspecified atom stereocenters. The highest BCUT2D eigenvalue weighted by molar-refractivity contribution is 5.91. The largest absolute Gasteiger partial charge is 0.394 e. The van der Waals surface area contributed by atoms with Gasteiger partial charge in [0.25, 0.3) is 11.5 Å². The van der Waals surface area contributed by atoms with Crippen LogP contribution in [0.3, 0.4) is 0 Å². The Balaban J connectivity index is 2.67. The lowest BCUT2D eigenvalue weighted by atomic mass is 10.0. The van der Waals surface area contributed by atoms with E-state index in [1.807, 2.05) is 0 Å². The molecule has 0 aliphatic carbocycles. The van der Waals surface area contributed by atoms with Gasteiger partial charge in [0.1, 0.15) is 23.9 Å². The molecule has 1 fully saturated rings. The fraction of sp³-hybridized carbons (Fsp3) is 0.545. The van der Waals surface area contributed by atoms with Gasteiger partial charge >= 0.3 is 5.69 Å². The second-order valence-electron chi connectivity index (χ2n) is 4.81. The van der Waals surface area contributed by atoms with Crippen LogP contribution < -0.4 is 17.0 Å². The van der Waals surface area contributed by atoms with E-state index >= 15 is 0 Å². The molecule has 0 radical (unpaired) electrons. The first-order chi connectivity index (χ1) is 10.3. The van der Waals surface area contributed by atoms with Crippen molar-refractivity contribution in [2.24, 2.45) is 5.73 Å². The number of nitrogens with one attached hydrogen (secondary N) is 1. The smallest absolute Gasteiger partial charge is 0.330 e. The molecule has 7 N–H and O–H groups in total. The summed E-state index contributed by atoms with van der Waals surface area (Å²) in [6.07, 6.45) is -3.97. The van der Waals surface area contributed by atoms with Crippen molar-refractivity contribution < 1.29 is 30.0 Å². The molecule has 1 aromatic rings. The topological polar surface area (TPSA) is 188 Å². The van der Waals surface area contributed by atoms with Crippen LogP contribution in [0.2, 0.25) is 0 Å². The normalized spacial score (nSPS) is 31.4. The van der Waals surface area contributed by atoms with Gasteiger partial charge < -0.3 is 30.9 Å². The van der Waals surface area contributed by atoms with E-state index in [1.165, 1.54) is 0 Å². The molecule has 0 aromatic carbocycles. The van der Waals surface area contributed by atoms with Crippen LogP contribution >= 0.6 is 0 Å². The predicted molar refractivity (Wildman–Crippen MR) is 68.9 cm³/mol. The maximum absolute atomic E-state index is 11.9. The summed E-state index contributed by atoms with van der Waals surface area (Å²) in [4.78, 5) is 36.4. The van der Waals surface area contributed by atoms with Crippen molar-refractivity contribution in [3.8, 4) is 0 Å². The average molecular weight is 317 g/mol. The lowest BCUT2D eigenvalue weighted by Gasteiger charge is -2.31. The number of rotatable bonds is 4.